The Bertz CT molecular complexity index is 484. The molecule has 1 unspecified atom stereocenters. The highest BCUT2D eigenvalue weighted by molar-refractivity contribution is 9.10. The molecule has 17 heavy (non-hydrogen) atoms. The molecule has 1 N–H and O–H groups in total. The van der Waals surface area contributed by atoms with Gasteiger partial charge in [0.05, 0.1) is 11.8 Å². The van der Waals surface area contributed by atoms with Crippen LogP contribution in [-0.4, -0.2) is 5.91 Å². The maximum Gasteiger partial charge on any atom is 0.244 e. The van der Waals surface area contributed by atoms with E-state index >= 15 is 0 Å². The number of carbonyl (C=O) groups is 1. The molecule has 90 valence electrons. The molecule has 0 saturated heterocycles. The van der Waals surface area contributed by atoms with Crippen molar-refractivity contribution in [3.05, 3.63) is 27.7 Å². The summed E-state index contributed by atoms with van der Waals surface area (Å²) in [5.41, 5.74) is -0.409. The lowest BCUT2D eigenvalue weighted by Gasteiger charge is -2.19. The van der Waals surface area contributed by atoms with Crippen molar-refractivity contribution in [3.8, 4) is 6.07 Å². The topological polar surface area (TPSA) is 52.9 Å². The summed E-state index contributed by atoms with van der Waals surface area (Å²) in [6.45, 7) is 3.42. The summed E-state index contributed by atoms with van der Waals surface area (Å²) in [4.78, 5) is 11.9. The maximum absolute atomic E-state index is 11.9. The second-order valence-corrected chi connectivity index (χ2v) is 5.17. The molecule has 0 radical (unpaired) electrons. The fraction of sp³-hybridized carbons (Fsp3) is 0.333. The van der Waals surface area contributed by atoms with E-state index in [9.17, 15) is 4.79 Å². The molecule has 0 heterocycles. The van der Waals surface area contributed by atoms with Gasteiger partial charge in [-0.25, -0.2) is 0 Å². The Balaban J connectivity index is 2.93. The van der Waals surface area contributed by atoms with Crippen molar-refractivity contribution in [2.45, 2.75) is 20.3 Å². The molecule has 0 saturated carbocycles. The zero-order valence-corrected chi connectivity index (χ0v) is 11.9. The summed E-state index contributed by atoms with van der Waals surface area (Å²) in [5.74, 6) is -0.314. The van der Waals surface area contributed by atoms with Gasteiger partial charge < -0.3 is 5.32 Å². The zero-order valence-electron chi connectivity index (χ0n) is 9.55. The number of rotatable bonds is 3. The summed E-state index contributed by atoms with van der Waals surface area (Å²) in [6, 6.07) is 7.08. The predicted octanol–water partition coefficient (Wildman–Crippen LogP) is 3.98. The van der Waals surface area contributed by atoms with Crippen LogP contribution in [0.15, 0.2) is 22.7 Å². The van der Waals surface area contributed by atoms with Gasteiger partial charge in [0.2, 0.25) is 5.91 Å². The van der Waals surface area contributed by atoms with Crippen molar-refractivity contribution in [1.29, 1.82) is 5.26 Å². The highest BCUT2D eigenvalue weighted by atomic mass is 79.9. The minimum atomic E-state index is -1.01. The summed E-state index contributed by atoms with van der Waals surface area (Å²) in [5, 5.41) is 12.3. The molecular formula is C12H12BrClN2O. The van der Waals surface area contributed by atoms with Gasteiger partial charge in [0.15, 0.2) is 0 Å². The first-order valence-electron chi connectivity index (χ1n) is 5.10. The van der Waals surface area contributed by atoms with Gasteiger partial charge >= 0.3 is 0 Å². The number of nitriles is 1. The first-order valence-corrected chi connectivity index (χ1v) is 6.28. The molecule has 0 aliphatic carbocycles. The first-order chi connectivity index (χ1) is 7.92. The number of anilines is 1. The van der Waals surface area contributed by atoms with Crippen LogP contribution in [0.25, 0.3) is 0 Å². The molecular weight excluding hydrogens is 304 g/mol. The highest BCUT2D eigenvalue weighted by Gasteiger charge is 2.31. The molecule has 5 heteroatoms. The van der Waals surface area contributed by atoms with Crippen LogP contribution < -0.4 is 5.32 Å². The molecule has 0 fully saturated rings. The van der Waals surface area contributed by atoms with Crippen molar-refractivity contribution in [2.75, 3.05) is 5.32 Å². The van der Waals surface area contributed by atoms with Gasteiger partial charge in [-0.15, -0.1) is 0 Å². The van der Waals surface area contributed by atoms with Crippen LogP contribution in [0.1, 0.15) is 20.3 Å². The quantitative estimate of drug-likeness (QED) is 0.917. The van der Waals surface area contributed by atoms with Crippen molar-refractivity contribution < 1.29 is 4.79 Å². The molecule has 0 aliphatic heterocycles. The van der Waals surface area contributed by atoms with E-state index in [1.807, 2.05) is 6.07 Å². The van der Waals surface area contributed by atoms with E-state index in [4.69, 9.17) is 16.9 Å². The van der Waals surface area contributed by atoms with Crippen LogP contribution >= 0.6 is 27.5 Å². The van der Waals surface area contributed by atoms with Gasteiger partial charge in [-0.2, -0.15) is 5.26 Å². The van der Waals surface area contributed by atoms with Gasteiger partial charge in [0.25, 0.3) is 0 Å². The van der Waals surface area contributed by atoms with Gasteiger partial charge in [0.1, 0.15) is 5.41 Å². The Hall–Kier alpha value is -1.05. The number of nitrogens with zero attached hydrogens (tertiary/aromatic N) is 1. The number of hydrogen-bond donors (Lipinski definition) is 1. The van der Waals surface area contributed by atoms with Crippen molar-refractivity contribution >= 4 is 39.1 Å². The van der Waals surface area contributed by atoms with E-state index in [-0.39, 0.29) is 5.91 Å². The highest BCUT2D eigenvalue weighted by Crippen LogP contribution is 2.28. The Morgan fingerprint density at radius 1 is 1.65 bits per heavy atom. The minimum absolute atomic E-state index is 0.314. The molecule has 1 atom stereocenters. The zero-order chi connectivity index (χ0) is 13.1. The van der Waals surface area contributed by atoms with Crippen LogP contribution in [0, 0.1) is 16.7 Å². The summed E-state index contributed by atoms with van der Waals surface area (Å²) in [6.07, 6.45) is 0.459. The largest absolute Gasteiger partial charge is 0.324 e. The average Bonchev–Trinajstić information content (AvgIpc) is 2.31. The van der Waals surface area contributed by atoms with Crippen LogP contribution in [-0.2, 0) is 4.79 Å². The Kier molecular flexibility index (Phi) is 4.55. The number of halogens is 2. The Labute approximate surface area is 114 Å². The molecule has 0 aliphatic rings. The van der Waals surface area contributed by atoms with Gasteiger partial charge in [-0.05, 0) is 47.5 Å². The third kappa shape index (κ3) is 3.21. The second kappa shape index (κ2) is 5.52. The maximum atomic E-state index is 11.9. The summed E-state index contributed by atoms with van der Waals surface area (Å²) >= 11 is 9.11. The monoisotopic (exact) mass is 314 g/mol. The smallest absolute Gasteiger partial charge is 0.244 e. The SMILES string of the molecule is CCC(C)(C#N)C(=O)Nc1ccc(Cl)cc1Br. The van der Waals surface area contributed by atoms with Gasteiger partial charge in [-0.1, -0.05) is 18.5 Å². The molecule has 1 aromatic rings. The molecule has 1 rings (SSSR count). The summed E-state index contributed by atoms with van der Waals surface area (Å²) in [7, 11) is 0. The van der Waals surface area contributed by atoms with Crippen LogP contribution in [0.4, 0.5) is 5.69 Å². The van der Waals surface area contributed by atoms with Gasteiger partial charge in [0, 0.05) is 9.50 Å². The molecule has 0 spiro atoms. The van der Waals surface area contributed by atoms with Crippen LogP contribution in [0.3, 0.4) is 0 Å². The van der Waals surface area contributed by atoms with Crippen LogP contribution in [0.2, 0.25) is 5.02 Å². The normalized spacial score (nSPS) is 13.6. The predicted molar refractivity (Wildman–Crippen MR) is 71.8 cm³/mol. The Morgan fingerprint density at radius 2 is 2.29 bits per heavy atom. The van der Waals surface area contributed by atoms with Crippen molar-refractivity contribution in [2.24, 2.45) is 5.41 Å². The molecule has 0 bridgehead atoms. The Morgan fingerprint density at radius 3 is 2.76 bits per heavy atom. The first kappa shape index (κ1) is 14.0. The van der Waals surface area contributed by atoms with Crippen molar-refractivity contribution in [1.82, 2.24) is 0 Å². The minimum Gasteiger partial charge on any atom is -0.324 e. The summed E-state index contributed by atoms with van der Waals surface area (Å²) < 4.78 is 0.690. The fourth-order valence-electron chi connectivity index (χ4n) is 1.14. The standard InChI is InChI=1S/C12H12BrClN2O/c1-3-12(2,7-15)11(17)16-10-5-4-8(14)6-9(10)13/h4-6H,3H2,1-2H3,(H,16,17). The molecule has 1 amide bonds. The van der Waals surface area contributed by atoms with E-state index in [0.29, 0.717) is 21.6 Å². The van der Waals surface area contributed by atoms with E-state index in [0.717, 1.165) is 0 Å². The number of nitrogens with one attached hydrogen (secondary N) is 1. The van der Waals surface area contributed by atoms with Gasteiger partial charge in [-0.3, -0.25) is 4.79 Å². The molecule has 1 aromatic carbocycles. The van der Waals surface area contributed by atoms with E-state index in [2.05, 4.69) is 21.2 Å². The number of benzene rings is 1. The lowest BCUT2D eigenvalue weighted by atomic mass is 9.88. The number of amides is 1. The fourth-order valence-corrected chi connectivity index (χ4v) is 1.92. The number of hydrogen-bond acceptors (Lipinski definition) is 2. The molecule has 0 aromatic heterocycles. The molecule has 3 nitrogen and oxygen atoms in total. The number of carbonyl (C=O) groups excluding carboxylic acids is 1. The van der Waals surface area contributed by atoms with E-state index in [1.165, 1.54) is 0 Å². The third-order valence-electron chi connectivity index (χ3n) is 2.63. The van der Waals surface area contributed by atoms with Crippen molar-refractivity contribution in [3.63, 3.8) is 0 Å². The van der Waals surface area contributed by atoms with E-state index < -0.39 is 5.41 Å². The second-order valence-electron chi connectivity index (χ2n) is 3.88. The lowest BCUT2D eigenvalue weighted by molar-refractivity contribution is -0.122. The average molecular weight is 316 g/mol. The van der Waals surface area contributed by atoms with Crippen LogP contribution in [0.5, 0.6) is 0 Å². The van der Waals surface area contributed by atoms with E-state index in [1.54, 1.807) is 32.0 Å². The lowest BCUT2D eigenvalue weighted by Crippen LogP contribution is -2.31. The third-order valence-corrected chi connectivity index (χ3v) is 3.53.